The lowest BCUT2D eigenvalue weighted by Gasteiger charge is -2.31. The molecule has 0 unspecified atom stereocenters. The molecule has 0 atom stereocenters. The molecule has 1 fully saturated rings. The first-order valence-corrected chi connectivity index (χ1v) is 12.6. The molecule has 0 saturated carbocycles. The molecule has 3 aromatic carbocycles. The van der Waals surface area contributed by atoms with Crippen LogP contribution < -0.4 is 9.47 Å². The van der Waals surface area contributed by atoms with Crippen molar-refractivity contribution in [3.05, 3.63) is 96.2 Å². The Kier molecular flexibility index (Phi) is 7.45. The number of carbonyl (C=O) groups is 1. The number of nitrogens with zero attached hydrogens (tertiary/aromatic N) is 1. The van der Waals surface area contributed by atoms with E-state index in [1.807, 2.05) is 59.5 Å². The van der Waals surface area contributed by atoms with Crippen molar-refractivity contribution in [1.29, 1.82) is 0 Å². The average Bonchev–Trinajstić information content (AvgIpc) is 3.42. The summed E-state index contributed by atoms with van der Waals surface area (Å²) in [7, 11) is 3.35. The molecule has 1 aliphatic heterocycles. The first-order chi connectivity index (χ1) is 18.1. The molecule has 4 aromatic rings. The normalized spacial score (nSPS) is 13.8. The molecule has 1 saturated heterocycles. The second-order valence-electron chi connectivity index (χ2n) is 9.27. The molecule has 0 radical (unpaired) electrons. The van der Waals surface area contributed by atoms with E-state index < -0.39 is 0 Å². The van der Waals surface area contributed by atoms with Crippen molar-refractivity contribution in [2.24, 2.45) is 0 Å². The Hall–Kier alpha value is -4.19. The molecule has 6 heteroatoms. The fraction of sp³-hybridized carbons (Fsp3) is 0.258. The Labute approximate surface area is 217 Å². The van der Waals surface area contributed by atoms with Crippen LogP contribution in [0.25, 0.3) is 22.4 Å². The van der Waals surface area contributed by atoms with E-state index in [1.54, 1.807) is 14.2 Å². The van der Waals surface area contributed by atoms with Gasteiger partial charge >= 0.3 is 6.09 Å². The number of H-pyrrole nitrogens is 1. The number of amides is 1. The van der Waals surface area contributed by atoms with Gasteiger partial charge in [-0.05, 0) is 72.0 Å². The topological polar surface area (TPSA) is 63.8 Å². The van der Waals surface area contributed by atoms with E-state index in [-0.39, 0.29) is 6.09 Å². The quantitative estimate of drug-likeness (QED) is 0.303. The van der Waals surface area contributed by atoms with E-state index >= 15 is 0 Å². The van der Waals surface area contributed by atoms with Crippen molar-refractivity contribution < 1.29 is 19.0 Å². The summed E-state index contributed by atoms with van der Waals surface area (Å²) in [6.45, 7) is 1.65. The number of hydrogen-bond donors (Lipinski definition) is 1. The SMILES string of the molecule is COc1ccc(-c2cc(C3CCN(C(=O)OCc4ccccc4)CC3)[nH]c2-c2ccc(OC)cc2)cc1. The fourth-order valence-corrected chi connectivity index (χ4v) is 4.86. The van der Waals surface area contributed by atoms with Crippen LogP contribution in [0.2, 0.25) is 0 Å². The van der Waals surface area contributed by atoms with E-state index in [2.05, 4.69) is 35.3 Å². The van der Waals surface area contributed by atoms with Gasteiger partial charge in [0.1, 0.15) is 18.1 Å². The van der Waals surface area contributed by atoms with Crippen molar-refractivity contribution >= 4 is 6.09 Å². The zero-order valence-corrected chi connectivity index (χ0v) is 21.3. The van der Waals surface area contributed by atoms with Gasteiger partial charge in [0, 0.05) is 30.3 Å². The third kappa shape index (κ3) is 5.64. The molecule has 0 spiro atoms. The third-order valence-electron chi connectivity index (χ3n) is 7.02. The number of aromatic nitrogens is 1. The highest BCUT2D eigenvalue weighted by Crippen LogP contribution is 2.38. The Bertz CT molecular complexity index is 1240. The summed E-state index contributed by atoms with van der Waals surface area (Å²) in [6, 6.07) is 28.3. The van der Waals surface area contributed by atoms with Gasteiger partial charge in [-0.3, -0.25) is 0 Å². The molecular weight excluding hydrogens is 464 g/mol. The largest absolute Gasteiger partial charge is 0.497 e. The summed E-state index contributed by atoms with van der Waals surface area (Å²) >= 11 is 0. The second-order valence-corrected chi connectivity index (χ2v) is 9.27. The molecule has 1 N–H and O–H groups in total. The molecule has 0 aliphatic carbocycles. The summed E-state index contributed by atoms with van der Waals surface area (Å²) in [5, 5.41) is 0. The number of benzene rings is 3. The van der Waals surface area contributed by atoms with Crippen molar-refractivity contribution in [3.8, 4) is 33.9 Å². The van der Waals surface area contributed by atoms with Crippen molar-refractivity contribution in [3.63, 3.8) is 0 Å². The highest BCUT2D eigenvalue weighted by molar-refractivity contribution is 5.82. The molecule has 5 rings (SSSR count). The van der Waals surface area contributed by atoms with Crippen LogP contribution in [0.15, 0.2) is 84.9 Å². The van der Waals surface area contributed by atoms with Crippen LogP contribution in [0.1, 0.15) is 30.0 Å². The minimum absolute atomic E-state index is 0.244. The van der Waals surface area contributed by atoms with Gasteiger partial charge in [-0.2, -0.15) is 0 Å². The van der Waals surface area contributed by atoms with Gasteiger partial charge in [0.05, 0.1) is 19.9 Å². The monoisotopic (exact) mass is 496 g/mol. The van der Waals surface area contributed by atoms with E-state index in [0.717, 1.165) is 52.3 Å². The first-order valence-electron chi connectivity index (χ1n) is 12.6. The fourth-order valence-electron chi connectivity index (χ4n) is 4.86. The predicted octanol–water partition coefficient (Wildman–Crippen LogP) is 6.88. The molecule has 0 bridgehead atoms. The number of nitrogens with one attached hydrogen (secondary N) is 1. The molecule has 1 aromatic heterocycles. The second kappa shape index (κ2) is 11.2. The highest BCUT2D eigenvalue weighted by atomic mass is 16.6. The Morgan fingerprint density at radius 1 is 0.838 bits per heavy atom. The highest BCUT2D eigenvalue weighted by Gasteiger charge is 2.27. The summed E-state index contributed by atoms with van der Waals surface area (Å²) in [5.41, 5.74) is 6.62. The van der Waals surface area contributed by atoms with Gasteiger partial charge in [-0.15, -0.1) is 0 Å². The van der Waals surface area contributed by atoms with Crippen LogP contribution in [0, 0.1) is 0 Å². The number of rotatable bonds is 7. The third-order valence-corrected chi connectivity index (χ3v) is 7.02. The van der Waals surface area contributed by atoms with E-state index in [9.17, 15) is 4.79 Å². The standard InChI is InChI=1S/C31H32N2O4/c1-35-26-12-8-23(9-13-26)28-20-29(32-30(28)25-10-14-27(36-2)15-11-25)24-16-18-33(19-17-24)31(34)37-21-22-6-4-3-5-7-22/h3-15,20,24,32H,16-19,21H2,1-2H3. The summed E-state index contributed by atoms with van der Waals surface area (Å²) < 4.78 is 16.2. The number of aromatic amines is 1. The van der Waals surface area contributed by atoms with Crippen LogP contribution in [0.5, 0.6) is 11.5 Å². The van der Waals surface area contributed by atoms with Gasteiger partial charge in [0.25, 0.3) is 0 Å². The van der Waals surface area contributed by atoms with Crippen LogP contribution in [-0.2, 0) is 11.3 Å². The maximum atomic E-state index is 12.6. The van der Waals surface area contributed by atoms with Gasteiger partial charge in [0.15, 0.2) is 0 Å². The number of ether oxygens (including phenoxy) is 3. The molecule has 1 aliphatic rings. The number of likely N-dealkylation sites (tertiary alicyclic amines) is 1. The zero-order valence-electron chi connectivity index (χ0n) is 21.3. The number of piperidine rings is 1. The number of methoxy groups -OCH3 is 2. The van der Waals surface area contributed by atoms with Gasteiger partial charge < -0.3 is 24.1 Å². The predicted molar refractivity (Wildman–Crippen MR) is 145 cm³/mol. The number of carbonyl (C=O) groups excluding carboxylic acids is 1. The minimum Gasteiger partial charge on any atom is -0.497 e. The molecule has 37 heavy (non-hydrogen) atoms. The lowest BCUT2D eigenvalue weighted by atomic mass is 9.93. The minimum atomic E-state index is -0.244. The average molecular weight is 497 g/mol. The lowest BCUT2D eigenvalue weighted by molar-refractivity contribution is 0.0868. The van der Waals surface area contributed by atoms with E-state index in [1.165, 1.54) is 5.69 Å². The van der Waals surface area contributed by atoms with E-state index in [4.69, 9.17) is 14.2 Å². The van der Waals surface area contributed by atoms with E-state index in [0.29, 0.717) is 25.6 Å². The van der Waals surface area contributed by atoms with Gasteiger partial charge in [0.2, 0.25) is 0 Å². The van der Waals surface area contributed by atoms with Crippen LogP contribution in [0.4, 0.5) is 4.79 Å². The van der Waals surface area contributed by atoms with Gasteiger partial charge in [-0.25, -0.2) is 4.79 Å². The van der Waals surface area contributed by atoms with Crippen molar-refractivity contribution in [2.45, 2.75) is 25.4 Å². The van der Waals surface area contributed by atoms with Gasteiger partial charge in [-0.1, -0.05) is 42.5 Å². The molecule has 6 nitrogen and oxygen atoms in total. The molecule has 2 heterocycles. The Balaban J connectivity index is 1.32. The molecule has 1 amide bonds. The van der Waals surface area contributed by atoms with Crippen molar-refractivity contribution in [2.75, 3.05) is 27.3 Å². The maximum Gasteiger partial charge on any atom is 0.410 e. The van der Waals surface area contributed by atoms with Crippen LogP contribution >= 0.6 is 0 Å². The first kappa shape index (κ1) is 24.5. The van der Waals surface area contributed by atoms with Crippen LogP contribution in [0.3, 0.4) is 0 Å². The maximum absolute atomic E-state index is 12.6. The lowest BCUT2D eigenvalue weighted by Crippen LogP contribution is -2.38. The Morgan fingerprint density at radius 2 is 1.43 bits per heavy atom. The molecular formula is C31H32N2O4. The van der Waals surface area contributed by atoms with Crippen molar-refractivity contribution in [1.82, 2.24) is 9.88 Å². The Morgan fingerprint density at radius 3 is 2.03 bits per heavy atom. The summed E-state index contributed by atoms with van der Waals surface area (Å²) in [4.78, 5) is 18.2. The van der Waals surface area contributed by atoms with Crippen LogP contribution in [-0.4, -0.2) is 43.3 Å². The summed E-state index contributed by atoms with van der Waals surface area (Å²) in [6.07, 6.45) is 1.52. The summed E-state index contributed by atoms with van der Waals surface area (Å²) in [5.74, 6) is 1.99. The molecule has 190 valence electrons. The smallest absolute Gasteiger partial charge is 0.410 e. The number of hydrogen-bond acceptors (Lipinski definition) is 4. The zero-order chi connectivity index (χ0) is 25.6.